The Kier molecular flexibility index (Phi) is 1.26. The molecular formula is C11H7N5. The monoisotopic (exact) mass is 209 g/mol. The Morgan fingerprint density at radius 2 is 2.06 bits per heavy atom. The highest BCUT2D eigenvalue weighted by molar-refractivity contribution is 6.08. The first kappa shape index (κ1) is 7.81. The molecule has 0 saturated carbocycles. The second kappa shape index (κ2) is 2.57. The molecule has 1 aromatic carbocycles. The second-order valence-corrected chi connectivity index (χ2v) is 3.70. The molecule has 16 heavy (non-hydrogen) atoms. The van der Waals surface area contributed by atoms with Crippen LogP contribution in [-0.4, -0.2) is 24.6 Å². The minimum atomic E-state index is 0.807. The average molecular weight is 209 g/mol. The van der Waals surface area contributed by atoms with Crippen molar-refractivity contribution in [2.45, 2.75) is 0 Å². The lowest BCUT2D eigenvalue weighted by molar-refractivity contribution is 1.08. The van der Waals surface area contributed by atoms with E-state index in [1.54, 1.807) is 17.1 Å². The van der Waals surface area contributed by atoms with Crippen LogP contribution in [-0.2, 0) is 0 Å². The van der Waals surface area contributed by atoms with Gasteiger partial charge in [-0.1, -0.05) is 18.2 Å². The van der Waals surface area contributed by atoms with Crippen molar-refractivity contribution in [3.05, 3.63) is 36.9 Å². The maximum atomic E-state index is 4.42. The number of para-hydroxylation sites is 1. The Bertz CT molecular complexity index is 811. The number of hydrogen-bond donors (Lipinski definition) is 1. The second-order valence-electron chi connectivity index (χ2n) is 3.70. The molecule has 0 aliphatic heterocycles. The van der Waals surface area contributed by atoms with Crippen LogP contribution >= 0.6 is 0 Å². The predicted molar refractivity (Wildman–Crippen MR) is 60.1 cm³/mol. The summed E-state index contributed by atoms with van der Waals surface area (Å²) in [4.78, 5) is 7.74. The van der Waals surface area contributed by atoms with Crippen molar-refractivity contribution in [1.82, 2.24) is 24.6 Å². The van der Waals surface area contributed by atoms with Crippen LogP contribution < -0.4 is 0 Å². The van der Waals surface area contributed by atoms with Crippen molar-refractivity contribution in [1.29, 1.82) is 0 Å². The molecule has 0 fully saturated rings. The van der Waals surface area contributed by atoms with E-state index in [2.05, 4.69) is 20.2 Å². The van der Waals surface area contributed by atoms with E-state index in [-0.39, 0.29) is 0 Å². The van der Waals surface area contributed by atoms with Gasteiger partial charge in [0.1, 0.15) is 23.7 Å². The van der Waals surface area contributed by atoms with E-state index in [1.807, 2.05) is 24.3 Å². The van der Waals surface area contributed by atoms with Crippen LogP contribution in [0.25, 0.3) is 27.6 Å². The van der Waals surface area contributed by atoms with E-state index >= 15 is 0 Å². The molecule has 0 unspecified atom stereocenters. The maximum Gasteiger partial charge on any atom is 0.187 e. The van der Waals surface area contributed by atoms with Gasteiger partial charge in [-0.3, -0.25) is 4.40 Å². The number of hydrogen-bond acceptors (Lipinski definition) is 3. The van der Waals surface area contributed by atoms with Gasteiger partial charge < -0.3 is 4.98 Å². The lowest BCUT2D eigenvalue weighted by Crippen LogP contribution is -1.86. The molecular weight excluding hydrogens is 202 g/mol. The highest BCUT2D eigenvalue weighted by Gasteiger charge is 2.09. The molecule has 76 valence electrons. The fourth-order valence-electron chi connectivity index (χ4n) is 2.05. The highest BCUT2D eigenvalue weighted by atomic mass is 15.2. The number of nitrogens with one attached hydrogen (secondary N) is 1. The van der Waals surface area contributed by atoms with Gasteiger partial charge in [0.2, 0.25) is 0 Å². The van der Waals surface area contributed by atoms with Gasteiger partial charge in [-0.05, 0) is 6.07 Å². The standard InChI is InChI=1S/C11H7N5/c1-2-4-8-7(3-1)9-10(14-8)11-15-13-6-16(11)5-12-9/h1-6,14H. The summed E-state index contributed by atoms with van der Waals surface area (Å²) in [7, 11) is 0. The third-order valence-electron chi connectivity index (χ3n) is 2.79. The minimum Gasteiger partial charge on any atom is -0.350 e. The molecule has 3 aromatic heterocycles. The third kappa shape index (κ3) is 0.826. The Morgan fingerprint density at radius 1 is 1.12 bits per heavy atom. The Hall–Kier alpha value is -2.43. The Morgan fingerprint density at radius 3 is 3.06 bits per heavy atom. The molecule has 4 aromatic rings. The number of fused-ring (bicyclic) bond motifs is 5. The first-order chi connectivity index (χ1) is 7.93. The zero-order valence-electron chi connectivity index (χ0n) is 8.25. The van der Waals surface area contributed by atoms with Gasteiger partial charge in [0.25, 0.3) is 0 Å². The number of nitrogens with zero attached hydrogens (tertiary/aromatic N) is 4. The fourth-order valence-corrected chi connectivity index (χ4v) is 2.05. The van der Waals surface area contributed by atoms with E-state index in [9.17, 15) is 0 Å². The van der Waals surface area contributed by atoms with Crippen LogP contribution in [0.2, 0.25) is 0 Å². The van der Waals surface area contributed by atoms with Gasteiger partial charge >= 0.3 is 0 Å². The lowest BCUT2D eigenvalue weighted by Gasteiger charge is -1.92. The summed E-state index contributed by atoms with van der Waals surface area (Å²) in [6.07, 6.45) is 3.38. The minimum absolute atomic E-state index is 0.807. The quantitative estimate of drug-likeness (QED) is 0.480. The zero-order chi connectivity index (χ0) is 10.5. The number of benzene rings is 1. The van der Waals surface area contributed by atoms with Gasteiger partial charge in [0.05, 0.1) is 0 Å². The molecule has 0 bridgehead atoms. The van der Waals surface area contributed by atoms with E-state index in [0.717, 1.165) is 27.6 Å². The largest absolute Gasteiger partial charge is 0.350 e. The first-order valence-electron chi connectivity index (χ1n) is 4.98. The highest BCUT2D eigenvalue weighted by Crippen LogP contribution is 2.24. The summed E-state index contributed by atoms with van der Waals surface area (Å²) in [6, 6.07) is 8.09. The summed E-state index contributed by atoms with van der Waals surface area (Å²) < 4.78 is 1.80. The van der Waals surface area contributed by atoms with E-state index in [1.165, 1.54) is 0 Å². The van der Waals surface area contributed by atoms with Gasteiger partial charge in [0.15, 0.2) is 5.65 Å². The van der Waals surface area contributed by atoms with Crippen molar-refractivity contribution in [3.8, 4) is 0 Å². The summed E-state index contributed by atoms with van der Waals surface area (Å²) in [6.45, 7) is 0. The molecule has 0 atom stereocenters. The molecule has 0 radical (unpaired) electrons. The van der Waals surface area contributed by atoms with Crippen LogP contribution in [0.5, 0.6) is 0 Å². The predicted octanol–water partition coefficient (Wildman–Crippen LogP) is 1.76. The van der Waals surface area contributed by atoms with E-state index < -0.39 is 0 Å². The summed E-state index contributed by atoms with van der Waals surface area (Å²) in [5.74, 6) is 0. The smallest absolute Gasteiger partial charge is 0.187 e. The lowest BCUT2D eigenvalue weighted by atomic mass is 10.2. The molecule has 1 N–H and O–H groups in total. The zero-order valence-corrected chi connectivity index (χ0v) is 8.25. The van der Waals surface area contributed by atoms with Gasteiger partial charge in [-0.2, -0.15) is 0 Å². The Labute approximate surface area is 89.7 Å². The molecule has 4 rings (SSSR count). The number of rotatable bonds is 0. The van der Waals surface area contributed by atoms with Crippen molar-refractivity contribution in [2.75, 3.05) is 0 Å². The van der Waals surface area contributed by atoms with Crippen molar-refractivity contribution in [2.24, 2.45) is 0 Å². The molecule has 0 aliphatic rings. The number of H-pyrrole nitrogens is 1. The van der Waals surface area contributed by atoms with Crippen LogP contribution in [0.15, 0.2) is 36.9 Å². The summed E-state index contributed by atoms with van der Waals surface area (Å²) in [5.41, 5.74) is 3.75. The van der Waals surface area contributed by atoms with Crippen LogP contribution in [0.3, 0.4) is 0 Å². The number of aromatic amines is 1. The third-order valence-corrected chi connectivity index (χ3v) is 2.79. The first-order valence-corrected chi connectivity index (χ1v) is 4.98. The normalized spacial score (nSPS) is 11.8. The maximum absolute atomic E-state index is 4.42. The molecule has 3 heterocycles. The van der Waals surface area contributed by atoms with Crippen molar-refractivity contribution >= 4 is 27.6 Å². The molecule has 5 nitrogen and oxygen atoms in total. The van der Waals surface area contributed by atoms with Crippen LogP contribution in [0, 0.1) is 0 Å². The van der Waals surface area contributed by atoms with Crippen LogP contribution in [0.1, 0.15) is 0 Å². The van der Waals surface area contributed by atoms with Gasteiger partial charge in [0, 0.05) is 10.9 Å². The summed E-state index contributed by atoms with van der Waals surface area (Å²) in [5, 5.41) is 9.07. The number of aromatic nitrogens is 5. The summed E-state index contributed by atoms with van der Waals surface area (Å²) >= 11 is 0. The van der Waals surface area contributed by atoms with Gasteiger partial charge in [-0.15, -0.1) is 10.2 Å². The van der Waals surface area contributed by atoms with Gasteiger partial charge in [-0.25, -0.2) is 4.98 Å². The van der Waals surface area contributed by atoms with Crippen molar-refractivity contribution < 1.29 is 0 Å². The van der Waals surface area contributed by atoms with E-state index in [4.69, 9.17) is 0 Å². The molecule has 5 heteroatoms. The van der Waals surface area contributed by atoms with Crippen LogP contribution in [0.4, 0.5) is 0 Å². The molecule has 0 amide bonds. The van der Waals surface area contributed by atoms with Crippen molar-refractivity contribution in [3.63, 3.8) is 0 Å². The SMILES string of the molecule is c1ccc2c(c1)[nH]c1c2ncn2cnnc12. The Balaban J connectivity index is 2.38. The fraction of sp³-hybridized carbons (Fsp3) is 0. The molecule has 0 spiro atoms. The molecule has 0 saturated heterocycles. The van der Waals surface area contributed by atoms with E-state index in [0.29, 0.717) is 0 Å². The molecule has 0 aliphatic carbocycles. The average Bonchev–Trinajstić information content (AvgIpc) is 2.92. The topological polar surface area (TPSA) is 58.9 Å².